The van der Waals surface area contributed by atoms with Crippen LogP contribution in [0.4, 0.5) is 0 Å². The largest absolute Gasteiger partial charge is 0.386 e. The zero-order valence-electron chi connectivity index (χ0n) is 17.4. The number of hydrogen-bond acceptors (Lipinski definition) is 7. The quantitative estimate of drug-likeness (QED) is 0.108. The van der Waals surface area contributed by atoms with Gasteiger partial charge in [0.25, 0.3) is 0 Å². The molecule has 0 aromatic rings. The molecule has 9 heteroatoms. The summed E-state index contributed by atoms with van der Waals surface area (Å²) in [5.41, 5.74) is 0. The number of aldehydes is 1. The van der Waals surface area contributed by atoms with Gasteiger partial charge in [0.15, 0.2) is 0 Å². The van der Waals surface area contributed by atoms with E-state index in [1.54, 1.807) is 0 Å². The van der Waals surface area contributed by atoms with E-state index in [4.69, 9.17) is 0 Å². The molecule has 0 aliphatic heterocycles. The fourth-order valence-electron chi connectivity index (χ4n) is 3.19. The van der Waals surface area contributed by atoms with Gasteiger partial charge in [0.2, 0.25) is 12.1 Å². The molecule has 0 radical (unpaired) electrons. The van der Waals surface area contributed by atoms with E-state index in [9.17, 15) is 35.2 Å². The summed E-state index contributed by atoms with van der Waals surface area (Å²) in [6.45, 7) is 2.13. The number of carbonyl (C=O) groups excluding carboxylic acids is 1. The number of aliphatic hydroxyl groups is 2. The van der Waals surface area contributed by atoms with E-state index in [1.807, 2.05) is 0 Å². The second-order valence-electron chi connectivity index (χ2n) is 7.44. The van der Waals surface area contributed by atoms with Gasteiger partial charge in [-0.25, -0.2) is 0 Å². The molecule has 4 unspecified atom stereocenters. The van der Waals surface area contributed by atoms with Crippen molar-refractivity contribution in [3.8, 4) is 0 Å². The molecule has 168 valence electrons. The molecule has 0 bridgehead atoms. The summed E-state index contributed by atoms with van der Waals surface area (Å²) in [6.07, 6.45) is 8.56. The first kappa shape index (κ1) is 27.1. The molecule has 2 N–H and O–H groups in total. The van der Waals surface area contributed by atoms with Gasteiger partial charge >= 0.3 is 0 Å². The Kier molecular flexibility index (Phi) is 15.9. The topological polar surface area (TPSA) is 144 Å². The Morgan fingerprint density at radius 3 is 1.97 bits per heavy atom. The average Bonchev–Trinajstić information content (AvgIpc) is 2.66. The van der Waals surface area contributed by atoms with Crippen LogP contribution in [0.2, 0.25) is 0 Å². The Hall–Kier alpha value is -1.87. The summed E-state index contributed by atoms with van der Waals surface area (Å²) in [6, 6.07) is -2.30. The SMILES string of the molecule is CCCCCCCCC(O)C(C/C=C\CC(O)C(CCCC=O)[N+](=O)[O-])[N+](=O)[O-]. The molecular formula is C20H36N2O7. The van der Waals surface area contributed by atoms with E-state index in [2.05, 4.69) is 6.92 Å². The van der Waals surface area contributed by atoms with E-state index >= 15 is 0 Å². The molecule has 0 saturated carbocycles. The van der Waals surface area contributed by atoms with Gasteiger partial charge in [0.1, 0.15) is 18.5 Å². The second-order valence-corrected chi connectivity index (χ2v) is 7.44. The van der Waals surface area contributed by atoms with Crippen molar-refractivity contribution >= 4 is 6.29 Å². The molecule has 9 nitrogen and oxygen atoms in total. The van der Waals surface area contributed by atoms with Crippen molar-refractivity contribution in [2.24, 2.45) is 0 Å². The lowest BCUT2D eigenvalue weighted by Gasteiger charge is -2.15. The third kappa shape index (κ3) is 13.1. The molecule has 0 amide bonds. The van der Waals surface area contributed by atoms with Gasteiger partial charge < -0.3 is 15.0 Å². The smallest absolute Gasteiger partial charge is 0.241 e. The van der Waals surface area contributed by atoms with Crippen LogP contribution in [-0.4, -0.2) is 50.6 Å². The number of aliphatic hydroxyl groups excluding tert-OH is 2. The molecule has 0 spiro atoms. The summed E-state index contributed by atoms with van der Waals surface area (Å²) in [5.74, 6) is 0. The highest BCUT2D eigenvalue weighted by Gasteiger charge is 2.29. The van der Waals surface area contributed by atoms with E-state index in [-0.39, 0.29) is 25.7 Å². The van der Waals surface area contributed by atoms with E-state index in [0.717, 1.165) is 32.1 Å². The van der Waals surface area contributed by atoms with Gasteiger partial charge in [-0.15, -0.1) is 0 Å². The molecule has 0 aromatic carbocycles. The van der Waals surface area contributed by atoms with E-state index in [1.165, 1.54) is 18.6 Å². The Balaban J connectivity index is 4.40. The highest BCUT2D eigenvalue weighted by molar-refractivity contribution is 5.48. The molecule has 0 saturated heterocycles. The van der Waals surface area contributed by atoms with E-state index in [0.29, 0.717) is 19.1 Å². The Morgan fingerprint density at radius 1 is 0.793 bits per heavy atom. The maximum atomic E-state index is 11.2. The van der Waals surface area contributed by atoms with Crippen LogP contribution in [0.5, 0.6) is 0 Å². The highest BCUT2D eigenvalue weighted by Crippen LogP contribution is 2.15. The molecule has 0 aromatic heterocycles. The zero-order valence-corrected chi connectivity index (χ0v) is 17.4. The number of rotatable bonds is 19. The van der Waals surface area contributed by atoms with Crippen LogP contribution in [0.3, 0.4) is 0 Å². The van der Waals surface area contributed by atoms with Crippen LogP contribution in [0.25, 0.3) is 0 Å². The lowest BCUT2D eigenvalue weighted by Crippen LogP contribution is -2.34. The molecule has 29 heavy (non-hydrogen) atoms. The Bertz CT molecular complexity index is 499. The predicted octanol–water partition coefficient (Wildman–Crippen LogP) is 3.46. The monoisotopic (exact) mass is 416 g/mol. The lowest BCUT2D eigenvalue weighted by molar-refractivity contribution is -0.535. The van der Waals surface area contributed by atoms with Crippen molar-refractivity contribution in [3.05, 3.63) is 32.4 Å². The summed E-state index contributed by atoms with van der Waals surface area (Å²) >= 11 is 0. The third-order valence-corrected chi connectivity index (χ3v) is 5.03. The summed E-state index contributed by atoms with van der Waals surface area (Å²) in [5, 5.41) is 42.4. The van der Waals surface area contributed by atoms with Crippen molar-refractivity contribution in [2.45, 2.75) is 108 Å². The lowest BCUT2D eigenvalue weighted by atomic mass is 9.99. The van der Waals surface area contributed by atoms with Crippen LogP contribution < -0.4 is 0 Å². The average molecular weight is 417 g/mol. The van der Waals surface area contributed by atoms with Gasteiger partial charge in [-0.1, -0.05) is 57.6 Å². The fourth-order valence-corrected chi connectivity index (χ4v) is 3.19. The summed E-state index contributed by atoms with van der Waals surface area (Å²) < 4.78 is 0. The van der Waals surface area contributed by atoms with Crippen LogP contribution in [-0.2, 0) is 4.79 Å². The van der Waals surface area contributed by atoms with Crippen LogP contribution in [0, 0.1) is 20.2 Å². The first-order valence-electron chi connectivity index (χ1n) is 10.6. The number of nitrogens with zero attached hydrogens (tertiary/aromatic N) is 2. The first-order valence-corrected chi connectivity index (χ1v) is 10.6. The number of nitro groups is 2. The molecular weight excluding hydrogens is 380 g/mol. The van der Waals surface area contributed by atoms with Gasteiger partial charge in [-0.3, -0.25) is 20.2 Å². The van der Waals surface area contributed by atoms with Gasteiger partial charge in [0.05, 0.1) is 0 Å². The van der Waals surface area contributed by atoms with Crippen molar-refractivity contribution < 1.29 is 24.9 Å². The number of carbonyl (C=O) groups is 1. The minimum absolute atomic E-state index is 0.00495. The Morgan fingerprint density at radius 2 is 1.38 bits per heavy atom. The van der Waals surface area contributed by atoms with Gasteiger partial charge in [0, 0.05) is 29.1 Å². The third-order valence-electron chi connectivity index (χ3n) is 5.03. The second kappa shape index (κ2) is 17.0. The fraction of sp³-hybridized carbons (Fsp3) is 0.850. The maximum absolute atomic E-state index is 11.2. The van der Waals surface area contributed by atoms with Gasteiger partial charge in [-0.2, -0.15) is 0 Å². The molecule has 0 fully saturated rings. The normalized spacial score (nSPS) is 15.7. The van der Waals surface area contributed by atoms with Crippen molar-refractivity contribution in [1.82, 2.24) is 0 Å². The van der Waals surface area contributed by atoms with Crippen LogP contribution in [0.15, 0.2) is 12.2 Å². The maximum Gasteiger partial charge on any atom is 0.241 e. The van der Waals surface area contributed by atoms with E-state index < -0.39 is 34.1 Å². The van der Waals surface area contributed by atoms with Crippen molar-refractivity contribution in [2.75, 3.05) is 0 Å². The molecule has 0 heterocycles. The molecule has 4 atom stereocenters. The van der Waals surface area contributed by atoms with Crippen molar-refractivity contribution in [3.63, 3.8) is 0 Å². The summed E-state index contributed by atoms with van der Waals surface area (Å²) in [7, 11) is 0. The zero-order chi connectivity index (χ0) is 22.1. The van der Waals surface area contributed by atoms with Crippen LogP contribution in [0.1, 0.15) is 84.0 Å². The Labute approximate surface area is 172 Å². The van der Waals surface area contributed by atoms with Crippen molar-refractivity contribution in [1.29, 1.82) is 0 Å². The van der Waals surface area contributed by atoms with Crippen LogP contribution >= 0.6 is 0 Å². The first-order chi connectivity index (χ1) is 13.8. The highest BCUT2D eigenvalue weighted by atomic mass is 16.6. The predicted molar refractivity (Wildman–Crippen MR) is 110 cm³/mol. The molecule has 0 aliphatic carbocycles. The molecule has 0 rings (SSSR count). The minimum Gasteiger partial charge on any atom is -0.386 e. The standard InChI is InChI=1S/C20H36N2O7/c1-2-3-4-5-6-7-14-19(24)17(21(26)27)12-8-9-15-20(25)18(22(28)29)13-10-11-16-23/h8-9,16-20,24-25H,2-7,10-15H2,1H3/b9-8-. The van der Waals surface area contributed by atoms with Gasteiger partial charge in [-0.05, 0) is 19.3 Å². The number of unbranched alkanes of at least 4 members (excludes halogenated alkanes) is 6. The minimum atomic E-state index is -1.23. The number of hydrogen-bond donors (Lipinski definition) is 2. The summed E-state index contributed by atoms with van der Waals surface area (Å²) in [4.78, 5) is 31.5. The molecule has 0 aliphatic rings.